The molecule has 1 saturated heterocycles. The number of hydrogen-bond donors (Lipinski definition) is 0. The molecule has 2 aromatic carbocycles. The molecular weight excluding hydrogens is 403 g/mol. The first-order valence-corrected chi connectivity index (χ1v) is 11.8. The number of ether oxygens (including phenoxy) is 1. The summed E-state index contributed by atoms with van der Waals surface area (Å²) in [5.74, 6) is -0.0708. The van der Waals surface area contributed by atoms with Crippen molar-refractivity contribution in [3.8, 4) is 0 Å². The van der Waals surface area contributed by atoms with E-state index in [1.165, 1.54) is 33.6 Å². The van der Waals surface area contributed by atoms with Crippen LogP contribution in [0.15, 0.2) is 53.4 Å². The zero-order chi connectivity index (χ0) is 21.6. The summed E-state index contributed by atoms with van der Waals surface area (Å²) in [6.45, 7) is 3.47. The highest BCUT2D eigenvalue weighted by Gasteiger charge is 2.29. The molecule has 1 heterocycles. The minimum Gasteiger partial charge on any atom is -0.383 e. The normalized spacial score (nSPS) is 16.3. The molecule has 2 aromatic rings. The fraction of sp³-hybridized carbons (Fsp3) is 0.478. The monoisotopic (exact) mass is 434 g/mol. The van der Waals surface area contributed by atoms with Crippen molar-refractivity contribution in [2.45, 2.75) is 30.7 Å². The Bertz CT molecular complexity index is 910. The Morgan fingerprint density at radius 1 is 1.10 bits per heavy atom. The zero-order valence-corrected chi connectivity index (χ0v) is 18.6. The standard InChI is InChI=1S/C23H31FN2O3S/c1-25(14-15-29-2)18-21-8-6-19(7-9-21)16-20-10-12-26(13-11-20)30(27,28)23-5-3-4-22(24)17-23/h3-9,17,20H,10-16,18H2,1-2H3. The molecule has 0 saturated carbocycles. The molecule has 1 aliphatic rings. The van der Waals surface area contributed by atoms with Crippen LogP contribution in [0.1, 0.15) is 24.0 Å². The fourth-order valence-corrected chi connectivity index (χ4v) is 5.38. The van der Waals surface area contributed by atoms with E-state index in [2.05, 4.69) is 36.2 Å². The third-order valence-corrected chi connectivity index (χ3v) is 7.58. The Morgan fingerprint density at radius 2 is 1.77 bits per heavy atom. The van der Waals surface area contributed by atoms with E-state index in [4.69, 9.17) is 4.74 Å². The van der Waals surface area contributed by atoms with E-state index in [9.17, 15) is 12.8 Å². The van der Waals surface area contributed by atoms with Gasteiger partial charge in [0.15, 0.2) is 0 Å². The molecular formula is C23H31FN2O3S. The first-order chi connectivity index (χ1) is 14.4. The molecule has 0 amide bonds. The van der Waals surface area contributed by atoms with Crippen LogP contribution in [0.25, 0.3) is 0 Å². The first-order valence-electron chi connectivity index (χ1n) is 10.4. The summed E-state index contributed by atoms with van der Waals surface area (Å²) in [5, 5.41) is 0. The molecule has 0 unspecified atom stereocenters. The molecule has 30 heavy (non-hydrogen) atoms. The number of benzene rings is 2. The molecule has 0 N–H and O–H groups in total. The van der Waals surface area contributed by atoms with Gasteiger partial charge in [0.2, 0.25) is 10.0 Å². The molecule has 3 rings (SSSR count). The van der Waals surface area contributed by atoms with Gasteiger partial charge < -0.3 is 4.74 Å². The van der Waals surface area contributed by atoms with Crippen molar-refractivity contribution in [2.24, 2.45) is 5.92 Å². The second-order valence-electron chi connectivity index (χ2n) is 8.06. The maximum atomic E-state index is 13.4. The van der Waals surface area contributed by atoms with E-state index < -0.39 is 15.8 Å². The minimum absolute atomic E-state index is 0.0343. The van der Waals surface area contributed by atoms with Crippen molar-refractivity contribution in [1.82, 2.24) is 9.21 Å². The fourth-order valence-electron chi connectivity index (χ4n) is 3.88. The van der Waals surface area contributed by atoms with Crippen LogP contribution >= 0.6 is 0 Å². The Kier molecular flexibility index (Phi) is 7.99. The van der Waals surface area contributed by atoms with Crippen LogP contribution in [0.2, 0.25) is 0 Å². The van der Waals surface area contributed by atoms with Crippen LogP contribution in [0.3, 0.4) is 0 Å². The molecule has 0 radical (unpaired) electrons. The lowest BCUT2D eigenvalue weighted by Crippen LogP contribution is -2.38. The summed E-state index contributed by atoms with van der Waals surface area (Å²) >= 11 is 0. The molecule has 0 atom stereocenters. The molecule has 7 heteroatoms. The van der Waals surface area contributed by atoms with E-state index in [-0.39, 0.29) is 4.90 Å². The average Bonchev–Trinajstić information content (AvgIpc) is 2.74. The Labute approximate surface area is 179 Å². The summed E-state index contributed by atoms with van der Waals surface area (Å²) in [6.07, 6.45) is 2.58. The van der Waals surface area contributed by atoms with Crippen LogP contribution in [0.4, 0.5) is 4.39 Å². The second-order valence-corrected chi connectivity index (χ2v) is 9.99. The third kappa shape index (κ3) is 6.11. The SMILES string of the molecule is COCCN(C)Cc1ccc(CC2CCN(S(=O)(=O)c3cccc(F)c3)CC2)cc1. The number of sulfonamides is 1. The molecule has 0 spiro atoms. The lowest BCUT2D eigenvalue weighted by Gasteiger charge is -2.31. The summed E-state index contributed by atoms with van der Waals surface area (Å²) in [6, 6.07) is 13.9. The summed E-state index contributed by atoms with van der Waals surface area (Å²) in [5.41, 5.74) is 2.55. The van der Waals surface area contributed by atoms with Gasteiger partial charge in [-0.3, -0.25) is 4.90 Å². The molecule has 0 aliphatic carbocycles. The molecule has 1 aliphatic heterocycles. The van der Waals surface area contributed by atoms with Crippen molar-refractivity contribution < 1.29 is 17.5 Å². The Balaban J connectivity index is 1.51. The number of piperidine rings is 1. The van der Waals surface area contributed by atoms with Gasteiger partial charge in [0.05, 0.1) is 11.5 Å². The summed E-state index contributed by atoms with van der Waals surface area (Å²) in [4.78, 5) is 2.26. The van der Waals surface area contributed by atoms with Crippen LogP contribution in [-0.4, -0.2) is 58.0 Å². The number of nitrogens with zero attached hydrogens (tertiary/aromatic N) is 2. The van der Waals surface area contributed by atoms with Crippen molar-refractivity contribution >= 4 is 10.0 Å². The van der Waals surface area contributed by atoms with Gasteiger partial charge in [0.1, 0.15) is 5.82 Å². The van der Waals surface area contributed by atoms with Crippen molar-refractivity contribution in [3.05, 3.63) is 65.5 Å². The first kappa shape index (κ1) is 22.9. The second kappa shape index (κ2) is 10.5. The number of halogens is 1. The lowest BCUT2D eigenvalue weighted by molar-refractivity contribution is 0.158. The number of likely N-dealkylation sites (N-methyl/N-ethyl adjacent to an activating group) is 1. The predicted octanol–water partition coefficient (Wildman–Crippen LogP) is 3.55. The van der Waals surface area contributed by atoms with Gasteiger partial charge in [-0.1, -0.05) is 30.3 Å². The molecule has 0 bridgehead atoms. The van der Waals surface area contributed by atoms with Gasteiger partial charge in [-0.25, -0.2) is 12.8 Å². The predicted molar refractivity (Wildman–Crippen MR) is 116 cm³/mol. The molecule has 0 aromatic heterocycles. The van der Waals surface area contributed by atoms with E-state index in [1.54, 1.807) is 7.11 Å². The highest BCUT2D eigenvalue weighted by Crippen LogP contribution is 2.26. The van der Waals surface area contributed by atoms with Crippen LogP contribution < -0.4 is 0 Å². The summed E-state index contributed by atoms with van der Waals surface area (Å²) < 4.78 is 45.5. The molecule has 1 fully saturated rings. The quantitative estimate of drug-likeness (QED) is 0.606. The van der Waals surface area contributed by atoms with Gasteiger partial charge in [-0.2, -0.15) is 4.31 Å². The van der Waals surface area contributed by atoms with Crippen LogP contribution in [-0.2, 0) is 27.7 Å². The number of methoxy groups -OCH3 is 1. The van der Waals surface area contributed by atoms with E-state index in [0.717, 1.165) is 45.0 Å². The van der Waals surface area contributed by atoms with Crippen LogP contribution in [0, 0.1) is 11.7 Å². The van der Waals surface area contributed by atoms with Gasteiger partial charge in [0.25, 0.3) is 0 Å². The van der Waals surface area contributed by atoms with E-state index in [1.807, 2.05) is 0 Å². The highest BCUT2D eigenvalue weighted by atomic mass is 32.2. The molecule has 164 valence electrons. The maximum Gasteiger partial charge on any atom is 0.243 e. The van der Waals surface area contributed by atoms with Gasteiger partial charge in [-0.15, -0.1) is 0 Å². The third-order valence-electron chi connectivity index (χ3n) is 5.68. The van der Waals surface area contributed by atoms with Crippen molar-refractivity contribution in [2.75, 3.05) is 40.4 Å². The van der Waals surface area contributed by atoms with Gasteiger partial charge in [-0.05, 0) is 61.6 Å². The van der Waals surface area contributed by atoms with Crippen molar-refractivity contribution in [3.63, 3.8) is 0 Å². The topological polar surface area (TPSA) is 49.9 Å². The van der Waals surface area contributed by atoms with Gasteiger partial charge >= 0.3 is 0 Å². The number of hydrogen-bond acceptors (Lipinski definition) is 4. The Hall–Kier alpha value is -1.80. The largest absolute Gasteiger partial charge is 0.383 e. The zero-order valence-electron chi connectivity index (χ0n) is 17.8. The minimum atomic E-state index is -3.63. The highest BCUT2D eigenvalue weighted by molar-refractivity contribution is 7.89. The molecule has 5 nitrogen and oxygen atoms in total. The van der Waals surface area contributed by atoms with Crippen LogP contribution in [0.5, 0.6) is 0 Å². The Morgan fingerprint density at radius 3 is 2.40 bits per heavy atom. The van der Waals surface area contributed by atoms with E-state index in [0.29, 0.717) is 19.0 Å². The summed E-state index contributed by atoms with van der Waals surface area (Å²) in [7, 11) is 0.169. The van der Waals surface area contributed by atoms with Crippen molar-refractivity contribution in [1.29, 1.82) is 0 Å². The maximum absolute atomic E-state index is 13.4. The average molecular weight is 435 g/mol. The smallest absolute Gasteiger partial charge is 0.243 e. The van der Waals surface area contributed by atoms with E-state index >= 15 is 0 Å². The lowest BCUT2D eigenvalue weighted by atomic mass is 9.91. The van der Waals surface area contributed by atoms with Gasteiger partial charge in [0, 0.05) is 33.3 Å². The number of rotatable bonds is 9.